The fourth-order valence-corrected chi connectivity index (χ4v) is 3.22. The average molecular weight is 298 g/mol. The SMILES string of the molecule is CS(=O)(=O)N1CCN(Cc2ccccc2B(O)O)CC1. The van der Waals surface area contributed by atoms with Crippen LogP contribution < -0.4 is 5.46 Å². The van der Waals surface area contributed by atoms with E-state index in [0.29, 0.717) is 38.2 Å². The molecular formula is C12H19BN2O4S. The van der Waals surface area contributed by atoms with Crippen molar-refractivity contribution in [1.82, 2.24) is 9.21 Å². The van der Waals surface area contributed by atoms with Gasteiger partial charge in [-0.3, -0.25) is 4.90 Å². The van der Waals surface area contributed by atoms with Gasteiger partial charge >= 0.3 is 7.12 Å². The molecule has 0 spiro atoms. The van der Waals surface area contributed by atoms with E-state index in [9.17, 15) is 18.5 Å². The summed E-state index contributed by atoms with van der Waals surface area (Å²) in [5, 5.41) is 18.7. The third-order valence-corrected chi connectivity index (χ3v) is 4.83. The Balaban J connectivity index is 2.00. The lowest BCUT2D eigenvalue weighted by molar-refractivity contribution is 0.182. The molecule has 1 aliphatic heterocycles. The number of sulfonamides is 1. The summed E-state index contributed by atoms with van der Waals surface area (Å²) in [7, 11) is -4.60. The van der Waals surface area contributed by atoms with Crippen LogP contribution in [0.25, 0.3) is 0 Å². The minimum Gasteiger partial charge on any atom is -0.423 e. The second-order valence-corrected chi connectivity index (χ2v) is 6.99. The fraction of sp³-hybridized carbons (Fsp3) is 0.500. The van der Waals surface area contributed by atoms with Crippen molar-refractivity contribution in [2.45, 2.75) is 6.54 Å². The highest BCUT2D eigenvalue weighted by atomic mass is 32.2. The van der Waals surface area contributed by atoms with Crippen LogP contribution in [0.2, 0.25) is 0 Å². The van der Waals surface area contributed by atoms with Crippen molar-refractivity contribution in [1.29, 1.82) is 0 Å². The quantitative estimate of drug-likeness (QED) is 0.657. The molecule has 0 radical (unpaired) electrons. The number of hydrogen-bond acceptors (Lipinski definition) is 5. The third-order valence-electron chi connectivity index (χ3n) is 3.53. The molecule has 1 fully saturated rings. The van der Waals surface area contributed by atoms with E-state index >= 15 is 0 Å². The second-order valence-electron chi connectivity index (χ2n) is 5.01. The van der Waals surface area contributed by atoms with Crippen LogP contribution in [-0.4, -0.2) is 67.2 Å². The van der Waals surface area contributed by atoms with Gasteiger partial charge in [-0.2, -0.15) is 4.31 Å². The Morgan fingerprint density at radius 1 is 1.15 bits per heavy atom. The number of benzene rings is 1. The lowest BCUT2D eigenvalue weighted by Crippen LogP contribution is -2.48. The molecule has 2 rings (SSSR count). The largest absolute Gasteiger partial charge is 0.488 e. The van der Waals surface area contributed by atoms with Crippen LogP contribution in [0.1, 0.15) is 5.56 Å². The Hall–Kier alpha value is -0.925. The molecule has 1 saturated heterocycles. The summed E-state index contributed by atoms with van der Waals surface area (Å²) >= 11 is 0. The molecule has 0 atom stereocenters. The molecule has 2 N–H and O–H groups in total. The Labute approximate surface area is 119 Å². The van der Waals surface area contributed by atoms with Crippen LogP contribution in [0, 0.1) is 0 Å². The average Bonchev–Trinajstić information content (AvgIpc) is 2.38. The maximum Gasteiger partial charge on any atom is 0.488 e. The highest BCUT2D eigenvalue weighted by Crippen LogP contribution is 2.09. The van der Waals surface area contributed by atoms with Crippen molar-refractivity contribution < 1.29 is 18.5 Å². The fourth-order valence-electron chi connectivity index (χ4n) is 2.39. The van der Waals surface area contributed by atoms with Crippen molar-refractivity contribution in [2.75, 3.05) is 32.4 Å². The van der Waals surface area contributed by atoms with Gasteiger partial charge in [-0.15, -0.1) is 0 Å². The Morgan fingerprint density at radius 3 is 2.30 bits per heavy atom. The number of hydrogen-bond donors (Lipinski definition) is 2. The van der Waals surface area contributed by atoms with Crippen molar-refractivity contribution in [3.63, 3.8) is 0 Å². The third kappa shape index (κ3) is 3.80. The summed E-state index contributed by atoms with van der Waals surface area (Å²) < 4.78 is 24.3. The summed E-state index contributed by atoms with van der Waals surface area (Å²) in [4.78, 5) is 2.11. The molecule has 1 heterocycles. The molecule has 0 unspecified atom stereocenters. The lowest BCUT2D eigenvalue weighted by atomic mass is 9.77. The van der Waals surface area contributed by atoms with Crippen molar-refractivity contribution in [3.05, 3.63) is 29.8 Å². The Morgan fingerprint density at radius 2 is 1.75 bits per heavy atom. The molecule has 8 heteroatoms. The van der Waals surface area contributed by atoms with Crippen LogP contribution in [-0.2, 0) is 16.6 Å². The van der Waals surface area contributed by atoms with Gasteiger partial charge in [-0.25, -0.2) is 8.42 Å². The number of nitrogens with zero attached hydrogens (tertiary/aromatic N) is 2. The minimum atomic E-state index is -3.12. The van der Waals surface area contributed by atoms with Crippen LogP contribution in [0.4, 0.5) is 0 Å². The predicted octanol–water partition coefficient (Wildman–Crippen LogP) is -1.56. The van der Waals surface area contributed by atoms with Gasteiger partial charge in [0.05, 0.1) is 6.26 Å². The van der Waals surface area contributed by atoms with E-state index in [0.717, 1.165) is 5.56 Å². The zero-order valence-electron chi connectivity index (χ0n) is 11.4. The molecule has 0 amide bonds. The van der Waals surface area contributed by atoms with Crippen LogP contribution in [0.3, 0.4) is 0 Å². The second kappa shape index (κ2) is 6.23. The zero-order chi connectivity index (χ0) is 14.8. The first-order chi connectivity index (χ1) is 9.38. The molecular weight excluding hydrogens is 279 g/mol. The molecule has 0 aliphatic carbocycles. The van der Waals surface area contributed by atoms with Gasteiger partial charge in [0.2, 0.25) is 10.0 Å². The molecule has 0 bridgehead atoms. The van der Waals surface area contributed by atoms with Gasteiger partial charge in [0.1, 0.15) is 0 Å². The van der Waals surface area contributed by atoms with Crippen molar-refractivity contribution in [2.24, 2.45) is 0 Å². The topological polar surface area (TPSA) is 81.1 Å². The summed E-state index contributed by atoms with van der Waals surface area (Å²) in [6.45, 7) is 2.82. The maximum atomic E-state index is 11.4. The summed E-state index contributed by atoms with van der Waals surface area (Å²) in [6.07, 6.45) is 1.22. The molecule has 0 saturated carbocycles. The summed E-state index contributed by atoms with van der Waals surface area (Å²) in [5.74, 6) is 0. The van der Waals surface area contributed by atoms with Gasteiger partial charge < -0.3 is 10.0 Å². The van der Waals surface area contributed by atoms with E-state index in [1.54, 1.807) is 12.1 Å². The Kier molecular flexibility index (Phi) is 4.82. The molecule has 1 aliphatic rings. The van der Waals surface area contributed by atoms with Crippen LogP contribution in [0.15, 0.2) is 24.3 Å². The minimum absolute atomic E-state index is 0.475. The highest BCUT2D eigenvalue weighted by molar-refractivity contribution is 7.88. The molecule has 1 aromatic carbocycles. The van der Waals surface area contributed by atoms with E-state index in [2.05, 4.69) is 4.90 Å². The van der Waals surface area contributed by atoms with E-state index < -0.39 is 17.1 Å². The highest BCUT2D eigenvalue weighted by Gasteiger charge is 2.24. The van der Waals surface area contributed by atoms with Gasteiger partial charge in [0.25, 0.3) is 0 Å². The van der Waals surface area contributed by atoms with Gasteiger partial charge in [-0.1, -0.05) is 24.3 Å². The van der Waals surface area contributed by atoms with Gasteiger partial charge in [-0.05, 0) is 11.0 Å². The van der Waals surface area contributed by atoms with Crippen LogP contribution >= 0.6 is 0 Å². The predicted molar refractivity (Wildman–Crippen MR) is 78.0 cm³/mol. The van der Waals surface area contributed by atoms with Crippen LogP contribution in [0.5, 0.6) is 0 Å². The molecule has 0 aromatic heterocycles. The smallest absolute Gasteiger partial charge is 0.423 e. The van der Waals surface area contributed by atoms with E-state index in [1.807, 2.05) is 12.1 Å². The first-order valence-electron chi connectivity index (χ1n) is 6.49. The number of piperazine rings is 1. The van der Waals surface area contributed by atoms with Gasteiger partial charge in [0.15, 0.2) is 0 Å². The monoisotopic (exact) mass is 298 g/mol. The summed E-state index contributed by atoms with van der Waals surface area (Å²) in [6, 6.07) is 7.16. The Bertz CT molecular complexity index is 556. The first kappa shape index (κ1) is 15.5. The van der Waals surface area contributed by atoms with Crippen molar-refractivity contribution >= 4 is 22.6 Å². The molecule has 1 aromatic rings. The maximum absolute atomic E-state index is 11.4. The normalized spacial score (nSPS) is 18.1. The molecule has 20 heavy (non-hydrogen) atoms. The van der Waals surface area contributed by atoms with E-state index in [1.165, 1.54) is 10.6 Å². The summed E-state index contributed by atoms with van der Waals surface area (Å²) in [5.41, 5.74) is 1.35. The van der Waals surface area contributed by atoms with Gasteiger partial charge in [0, 0.05) is 32.7 Å². The van der Waals surface area contributed by atoms with E-state index in [4.69, 9.17) is 0 Å². The zero-order valence-corrected chi connectivity index (χ0v) is 12.3. The van der Waals surface area contributed by atoms with E-state index in [-0.39, 0.29) is 0 Å². The standard InChI is InChI=1S/C12H19BN2O4S/c1-20(18,19)15-8-6-14(7-9-15)10-11-4-2-3-5-12(11)13(16)17/h2-5,16-17H,6-10H2,1H3. The lowest BCUT2D eigenvalue weighted by Gasteiger charge is -2.33. The van der Waals surface area contributed by atoms with Crippen molar-refractivity contribution in [3.8, 4) is 0 Å². The molecule has 6 nitrogen and oxygen atoms in total. The first-order valence-corrected chi connectivity index (χ1v) is 8.34. The molecule has 110 valence electrons. The number of rotatable bonds is 4.